The Balaban J connectivity index is 2.02. The number of nitrogens with one attached hydrogen (secondary N) is 1. The molecule has 16 nitrogen and oxygen atoms in total. The standard InChI is InChI=1S/C10H10N8O8S2/c11-10-14-3(2-27-10)6(9(21)22)26-13-1-4(19)15-5-7(16-17-12)18(8(5)20)28(23,24)25/h1-2,5-7H,(H2,11,14)(H,15,19)(H,21,22)(H,23,24,25)/b13-1+/t5-,6?,7+/m0/s1. The molecule has 0 aliphatic carbocycles. The number of nitrogen functional groups attached to an aromatic ring is 1. The molecule has 0 spiro atoms. The van der Waals surface area contributed by atoms with Crippen LogP contribution in [0.5, 0.6) is 0 Å². The molecule has 1 saturated heterocycles. The second kappa shape index (κ2) is 8.05. The number of carboxylic acid groups (broad SMARTS) is 1. The molecule has 0 radical (unpaired) electrons. The number of β-lactam (4-membered cyclic amide) rings is 1. The van der Waals surface area contributed by atoms with E-state index in [1.54, 1.807) is 0 Å². The summed E-state index contributed by atoms with van der Waals surface area (Å²) in [5.41, 5.74) is 13.7. The van der Waals surface area contributed by atoms with Crippen molar-refractivity contribution in [1.29, 1.82) is 0 Å². The van der Waals surface area contributed by atoms with Crippen LogP contribution >= 0.6 is 11.3 Å². The highest BCUT2D eigenvalue weighted by molar-refractivity contribution is 7.84. The topological polar surface area (TPSA) is 250 Å². The van der Waals surface area contributed by atoms with Gasteiger partial charge in [0.05, 0.1) is 0 Å². The number of thiazole rings is 1. The summed E-state index contributed by atoms with van der Waals surface area (Å²) in [6, 6.07) is -1.59. The average molecular weight is 434 g/mol. The predicted octanol–water partition coefficient (Wildman–Crippen LogP) is -1.38. The van der Waals surface area contributed by atoms with Gasteiger partial charge in [-0.1, -0.05) is 10.3 Å². The smallest absolute Gasteiger partial charge is 0.362 e. The Hall–Kier alpha value is -3.47. The van der Waals surface area contributed by atoms with E-state index in [0.717, 1.165) is 11.3 Å². The van der Waals surface area contributed by atoms with Crippen molar-refractivity contribution in [3.8, 4) is 0 Å². The number of aliphatic carboxylic acids is 1. The maximum Gasteiger partial charge on any atom is 0.362 e. The third-order valence-electron chi connectivity index (χ3n) is 3.11. The van der Waals surface area contributed by atoms with Gasteiger partial charge in [0.1, 0.15) is 18.0 Å². The van der Waals surface area contributed by atoms with Gasteiger partial charge in [0.25, 0.3) is 17.9 Å². The molecular weight excluding hydrogens is 424 g/mol. The summed E-state index contributed by atoms with van der Waals surface area (Å²) in [5, 5.41) is 18.6. The average Bonchev–Trinajstić information content (AvgIpc) is 3.00. The molecule has 18 heteroatoms. The zero-order valence-electron chi connectivity index (χ0n) is 13.3. The van der Waals surface area contributed by atoms with Crippen LogP contribution in [0.4, 0.5) is 5.13 Å². The maximum absolute atomic E-state index is 11.8. The molecule has 1 unspecified atom stereocenters. The molecular formula is C10H10N8O8S2. The number of hydrogen-bond acceptors (Lipinski definition) is 11. The Morgan fingerprint density at radius 2 is 2.25 bits per heavy atom. The lowest BCUT2D eigenvalue weighted by molar-refractivity contribution is -0.151. The van der Waals surface area contributed by atoms with Crippen molar-refractivity contribution in [2.75, 3.05) is 5.73 Å². The monoisotopic (exact) mass is 434 g/mol. The lowest BCUT2D eigenvalue weighted by atomic mass is 10.1. The summed E-state index contributed by atoms with van der Waals surface area (Å²) in [5.74, 6) is -3.83. The van der Waals surface area contributed by atoms with Gasteiger partial charge in [-0.2, -0.15) is 8.42 Å². The number of hydrogen-bond donors (Lipinski definition) is 4. The second-order valence-electron chi connectivity index (χ2n) is 4.89. The number of nitrogens with zero attached hydrogens (tertiary/aromatic N) is 6. The van der Waals surface area contributed by atoms with Gasteiger partial charge < -0.3 is 21.0 Å². The summed E-state index contributed by atoms with van der Waals surface area (Å²) in [6.07, 6.45) is -2.92. The Kier molecular flexibility index (Phi) is 5.99. The first-order valence-corrected chi connectivity index (χ1v) is 9.12. The minimum absolute atomic E-state index is 0.0612. The third kappa shape index (κ3) is 4.43. The van der Waals surface area contributed by atoms with Crippen LogP contribution in [-0.2, 0) is 29.5 Å². The number of aromatic nitrogens is 1. The summed E-state index contributed by atoms with van der Waals surface area (Å²) in [4.78, 5) is 45.3. The molecule has 0 bridgehead atoms. The molecule has 150 valence electrons. The number of carbonyl (C=O) groups is 3. The van der Waals surface area contributed by atoms with Crippen LogP contribution in [0.25, 0.3) is 10.4 Å². The number of azide groups is 1. The minimum atomic E-state index is -4.99. The quantitative estimate of drug-likeness (QED) is 0.0709. The van der Waals surface area contributed by atoms with Gasteiger partial charge in [0, 0.05) is 10.3 Å². The fraction of sp³-hybridized carbons (Fsp3) is 0.300. The number of oxime groups is 1. The first-order valence-electron chi connectivity index (χ1n) is 6.84. The molecule has 2 heterocycles. The predicted molar refractivity (Wildman–Crippen MR) is 89.7 cm³/mol. The fourth-order valence-electron chi connectivity index (χ4n) is 1.98. The molecule has 1 aliphatic rings. The number of carboxylic acids is 1. The SMILES string of the molecule is [N-]=[N+]=N[C@H]1[C@H](NC(=O)/C=N/OC(C(=O)O)c2csc(N)n2)C(=O)N1S(=O)(=O)O. The molecule has 28 heavy (non-hydrogen) atoms. The molecule has 3 atom stereocenters. The van der Waals surface area contributed by atoms with E-state index in [2.05, 4.69) is 25.0 Å². The van der Waals surface area contributed by atoms with Crippen molar-refractivity contribution >= 4 is 50.8 Å². The zero-order valence-corrected chi connectivity index (χ0v) is 14.9. The van der Waals surface area contributed by atoms with Crippen molar-refractivity contribution in [1.82, 2.24) is 14.6 Å². The minimum Gasteiger partial charge on any atom is -0.478 e. The number of carbonyl (C=O) groups excluding carboxylic acids is 2. The largest absolute Gasteiger partial charge is 0.478 e. The molecule has 1 aromatic heterocycles. The van der Waals surface area contributed by atoms with E-state index in [1.165, 1.54) is 5.38 Å². The Morgan fingerprint density at radius 1 is 1.57 bits per heavy atom. The summed E-state index contributed by atoms with van der Waals surface area (Å²) in [6.45, 7) is 0. The van der Waals surface area contributed by atoms with Crippen LogP contribution in [0, 0.1) is 0 Å². The van der Waals surface area contributed by atoms with E-state index in [4.69, 9.17) is 20.9 Å². The van der Waals surface area contributed by atoms with Gasteiger partial charge in [-0.25, -0.2) is 14.1 Å². The lowest BCUT2D eigenvalue weighted by Gasteiger charge is -2.41. The number of amides is 2. The van der Waals surface area contributed by atoms with Crippen molar-refractivity contribution in [3.63, 3.8) is 0 Å². The van der Waals surface area contributed by atoms with E-state index in [1.807, 2.05) is 5.32 Å². The van der Waals surface area contributed by atoms with Crippen LogP contribution in [-0.4, -0.2) is 63.6 Å². The lowest BCUT2D eigenvalue weighted by Crippen LogP contribution is -2.71. The molecule has 2 amide bonds. The first-order chi connectivity index (χ1) is 13.1. The van der Waals surface area contributed by atoms with E-state index in [9.17, 15) is 22.8 Å². The molecule has 0 aromatic carbocycles. The molecule has 0 saturated carbocycles. The van der Waals surface area contributed by atoms with E-state index in [0.29, 0.717) is 6.21 Å². The van der Waals surface area contributed by atoms with Crippen LogP contribution in [0.3, 0.4) is 0 Å². The molecule has 5 N–H and O–H groups in total. The normalized spacial score (nSPS) is 20.2. The summed E-state index contributed by atoms with van der Waals surface area (Å²) in [7, 11) is -4.99. The van der Waals surface area contributed by atoms with E-state index >= 15 is 0 Å². The van der Waals surface area contributed by atoms with Gasteiger partial charge in [-0.3, -0.25) is 14.1 Å². The van der Waals surface area contributed by atoms with Gasteiger partial charge in [0.15, 0.2) is 11.3 Å². The molecule has 1 aromatic rings. The van der Waals surface area contributed by atoms with Crippen molar-refractivity contribution in [3.05, 3.63) is 21.5 Å². The van der Waals surface area contributed by atoms with Gasteiger partial charge in [-0.15, -0.1) is 11.3 Å². The van der Waals surface area contributed by atoms with Crippen LogP contribution < -0.4 is 11.1 Å². The highest BCUT2D eigenvalue weighted by atomic mass is 32.2. The highest BCUT2D eigenvalue weighted by Crippen LogP contribution is 2.25. The van der Waals surface area contributed by atoms with Crippen molar-refractivity contribution in [2.45, 2.75) is 18.3 Å². The molecule has 2 rings (SSSR count). The third-order valence-corrected chi connectivity index (χ3v) is 4.69. The fourth-order valence-corrected chi connectivity index (χ4v) is 3.33. The van der Waals surface area contributed by atoms with Gasteiger partial charge >= 0.3 is 16.3 Å². The summed E-state index contributed by atoms with van der Waals surface area (Å²) < 4.78 is 30.8. The Morgan fingerprint density at radius 3 is 2.75 bits per heavy atom. The highest BCUT2D eigenvalue weighted by Gasteiger charge is 2.53. The zero-order chi connectivity index (χ0) is 21.1. The van der Waals surface area contributed by atoms with Crippen molar-refractivity contribution in [2.24, 2.45) is 10.3 Å². The molecule has 1 aliphatic heterocycles. The van der Waals surface area contributed by atoms with Gasteiger partial charge in [0.2, 0.25) is 0 Å². The molecule has 1 fully saturated rings. The van der Waals surface area contributed by atoms with Crippen LogP contribution in [0.1, 0.15) is 11.8 Å². The number of nitrogens with two attached hydrogens (primary N) is 1. The summed E-state index contributed by atoms with van der Waals surface area (Å²) >= 11 is 0.957. The maximum atomic E-state index is 11.8. The second-order valence-corrected chi connectivity index (χ2v) is 7.06. The van der Waals surface area contributed by atoms with Crippen LogP contribution in [0.2, 0.25) is 0 Å². The van der Waals surface area contributed by atoms with E-state index in [-0.39, 0.29) is 15.1 Å². The van der Waals surface area contributed by atoms with Gasteiger partial charge in [-0.05, 0) is 5.53 Å². The Labute approximate surface area is 159 Å². The van der Waals surface area contributed by atoms with E-state index < -0.39 is 46.4 Å². The first kappa shape index (κ1) is 20.8. The number of rotatable bonds is 8. The number of anilines is 1. The Bertz CT molecular complexity index is 983. The van der Waals surface area contributed by atoms with Crippen LogP contribution in [0.15, 0.2) is 15.7 Å². The van der Waals surface area contributed by atoms with Crippen molar-refractivity contribution < 1.29 is 37.3 Å².